The molecule has 3 aromatic rings. The third-order valence-corrected chi connectivity index (χ3v) is 6.61. The molecule has 1 N–H and O–H groups in total. The van der Waals surface area contributed by atoms with Crippen LogP contribution in [0.1, 0.15) is 32.6 Å². The first-order valence-electron chi connectivity index (χ1n) is 9.89. The fourth-order valence-corrected chi connectivity index (χ4v) is 4.63. The monoisotopic (exact) mass is 418 g/mol. The highest BCUT2D eigenvalue weighted by atomic mass is 32.1. The first-order valence-corrected chi connectivity index (χ1v) is 10.7. The Morgan fingerprint density at radius 1 is 0.967 bits per heavy atom. The number of aryl methyl sites for hydroxylation is 1. The van der Waals surface area contributed by atoms with Gasteiger partial charge in [0.05, 0.1) is 11.4 Å². The second kappa shape index (κ2) is 8.24. The summed E-state index contributed by atoms with van der Waals surface area (Å²) in [5, 5.41) is 2.89. The summed E-state index contributed by atoms with van der Waals surface area (Å²) >= 11 is 1.41. The number of thiophene rings is 1. The van der Waals surface area contributed by atoms with Crippen LogP contribution in [0.4, 0.5) is 4.79 Å². The van der Waals surface area contributed by atoms with Crippen LogP contribution in [0.15, 0.2) is 72.8 Å². The van der Waals surface area contributed by atoms with Crippen LogP contribution in [-0.2, 0) is 23.2 Å². The van der Waals surface area contributed by atoms with E-state index in [0.717, 1.165) is 21.8 Å². The van der Waals surface area contributed by atoms with Crippen LogP contribution in [0.2, 0.25) is 0 Å². The number of nitrogens with one attached hydrogen (secondary N) is 1. The van der Waals surface area contributed by atoms with E-state index >= 15 is 0 Å². The third kappa shape index (κ3) is 3.66. The van der Waals surface area contributed by atoms with Crippen LogP contribution < -0.4 is 5.32 Å². The first-order chi connectivity index (χ1) is 14.5. The van der Waals surface area contributed by atoms with Crippen molar-refractivity contribution in [1.29, 1.82) is 0 Å². The average Bonchev–Trinajstić information content (AvgIpc) is 3.35. The molecule has 0 radical (unpaired) electrons. The summed E-state index contributed by atoms with van der Waals surface area (Å²) in [6.45, 7) is 1.76. The Balaban J connectivity index is 1.66. The number of carbonyl (C=O) groups excluding carboxylic acids is 3. The molecule has 0 spiro atoms. The molecule has 5 nitrogen and oxygen atoms in total. The standard InChI is InChI=1S/C24H22N2O3S/c1-2-19-13-14-21(30-19)20(27)16-26-22(28)24(25-23(26)29,18-11-7-4-8-12-18)15-17-9-5-3-6-10-17/h3-14H,2,15-16H2,1H3,(H,25,29)/t24-/m0/s1. The van der Waals surface area contributed by atoms with E-state index in [4.69, 9.17) is 0 Å². The first kappa shape index (κ1) is 20.0. The number of ketones is 1. The highest BCUT2D eigenvalue weighted by Gasteiger charge is 2.52. The second-order valence-electron chi connectivity index (χ2n) is 7.30. The zero-order chi connectivity index (χ0) is 21.1. The maximum Gasteiger partial charge on any atom is 0.325 e. The molecular weight excluding hydrogens is 396 g/mol. The topological polar surface area (TPSA) is 66.5 Å². The van der Waals surface area contributed by atoms with Crippen molar-refractivity contribution < 1.29 is 14.4 Å². The number of benzene rings is 2. The summed E-state index contributed by atoms with van der Waals surface area (Å²) in [5.41, 5.74) is 0.393. The van der Waals surface area contributed by atoms with E-state index in [-0.39, 0.29) is 12.3 Å². The lowest BCUT2D eigenvalue weighted by Crippen LogP contribution is -2.46. The molecule has 2 aromatic carbocycles. The normalized spacial score (nSPS) is 18.5. The Kier molecular flexibility index (Phi) is 5.50. The van der Waals surface area contributed by atoms with E-state index in [2.05, 4.69) is 5.32 Å². The van der Waals surface area contributed by atoms with Crippen molar-refractivity contribution in [1.82, 2.24) is 10.2 Å². The van der Waals surface area contributed by atoms with E-state index in [0.29, 0.717) is 16.9 Å². The predicted octanol–water partition coefficient (Wildman–Crippen LogP) is 4.18. The molecular formula is C24H22N2O3S. The number of imide groups is 1. The Labute approximate surface area is 179 Å². The fraction of sp³-hybridized carbons (Fsp3) is 0.208. The highest BCUT2D eigenvalue weighted by Crippen LogP contribution is 2.33. The molecule has 4 rings (SSSR count). The smallest absolute Gasteiger partial charge is 0.319 e. The van der Waals surface area contributed by atoms with E-state index in [9.17, 15) is 14.4 Å². The lowest BCUT2D eigenvalue weighted by molar-refractivity contribution is -0.131. The number of hydrogen-bond donors (Lipinski definition) is 1. The SMILES string of the molecule is CCc1ccc(C(=O)CN2C(=O)N[C@@](Cc3ccccc3)(c3ccccc3)C2=O)s1. The molecule has 0 aliphatic carbocycles. The van der Waals surface area contributed by atoms with Gasteiger partial charge in [-0.05, 0) is 29.7 Å². The van der Waals surface area contributed by atoms with Gasteiger partial charge in [-0.3, -0.25) is 14.5 Å². The summed E-state index contributed by atoms with van der Waals surface area (Å²) in [7, 11) is 0. The Morgan fingerprint density at radius 3 is 2.27 bits per heavy atom. The van der Waals surface area contributed by atoms with Gasteiger partial charge in [-0.15, -0.1) is 11.3 Å². The number of nitrogens with zero attached hydrogens (tertiary/aromatic N) is 1. The molecule has 2 heterocycles. The van der Waals surface area contributed by atoms with Crippen LogP contribution >= 0.6 is 11.3 Å². The maximum absolute atomic E-state index is 13.6. The number of carbonyl (C=O) groups is 3. The molecule has 3 amide bonds. The van der Waals surface area contributed by atoms with Crippen molar-refractivity contribution in [2.75, 3.05) is 6.54 Å². The summed E-state index contributed by atoms with van der Waals surface area (Å²) in [6.07, 6.45) is 1.15. The van der Waals surface area contributed by atoms with Crippen molar-refractivity contribution in [3.63, 3.8) is 0 Å². The lowest BCUT2D eigenvalue weighted by atomic mass is 9.83. The molecule has 0 saturated carbocycles. The van der Waals surface area contributed by atoms with Crippen molar-refractivity contribution in [2.45, 2.75) is 25.3 Å². The summed E-state index contributed by atoms with van der Waals surface area (Å²) in [5.74, 6) is -0.630. The van der Waals surface area contributed by atoms with Crippen LogP contribution in [0.25, 0.3) is 0 Å². The van der Waals surface area contributed by atoms with Gasteiger partial charge in [0, 0.05) is 11.3 Å². The van der Waals surface area contributed by atoms with Crippen LogP contribution in [0, 0.1) is 0 Å². The Hall–Kier alpha value is -3.25. The van der Waals surface area contributed by atoms with E-state index < -0.39 is 17.5 Å². The van der Waals surface area contributed by atoms with Crippen molar-refractivity contribution in [3.8, 4) is 0 Å². The van der Waals surface area contributed by atoms with E-state index in [1.54, 1.807) is 6.07 Å². The minimum Gasteiger partial charge on any atom is -0.319 e. The van der Waals surface area contributed by atoms with Gasteiger partial charge in [0.15, 0.2) is 11.3 Å². The highest BCUT2D eigenvalue weighted by molar-refractivity contribution is 7.14. The summed E-state index contributed by atoms with van der Waals surface area (Å²) in [4.78, 5) is 41.9. The third-order valence-electron chi connectivity index (χ3n) is 5.34. The molecule has 152 valence electrons. The van der Waals surface area contributed by atoms with Crippen molar-refractivity contribution in [2.24, 2.45) is 0 Å². The van der Waals surface area contributed by atoms with Crippen molar-refractivity contribution >= 4 is 29.1 Å². The van der Waals surface area contributed by atoms with Gasteiger partial charge in [0.1, 0.15) is 0 Å². The van der Waals surface area contributed by atoms with Gasteiger partial charge >= 0.3 is 6.03 Å². The Bertz CT molecular complexity index is 1080. The van der Waals surface area contributed by atoms with Crippen molar-refractivity contribution in [3.05, 3.63) is 93.7 Å². The second-order valence-corrected chi connectivity index (χ2v) is 8.47. The zero-order valence-electron chi connectivity index (χ0n) is 16.6. The van der Waals surface area contributed by atoms with Crippen LogP contribution in [-0.4, -0.2) is 29.2 Å². The maximum atomic E-state index is 13.6. The number of urea groups is 1. The molecule has 1 aromatic heterocycles. The summed E-state index contributed by atoms with van der Waals surface area (Å²) in [6, 6.07) is 21.9. The number of hydrogen-bond acceptors (Lipinski definition) is 4. The van der Waals surface area contributed by atoms with Gasteiger partial charge < -0.3 is 5.32 Å². The molecule has 0 unspecified atom stereocenters. The zero-order valence-corrected chi connectivity index (χ0v) is 17.4. The van der Waals surface area contributed by atoms with Gasteiger partial charge in [-0.2, -0.15) is 0 Å². The lowest BCUT2D eigenvalue weighted by Gasteiger charge is -2.27. The number of Topliss-reactive ketones (excluding diaryl/α,β-unsaturated/α-hetero) is 1. The quantitative estimate of drug-likeness (QED) is 0.462. The molecule has 1 saturated heterocycles. The van der Waals surface area contributed by atoms with Gasteiger partial charge in [0.25, 0.3) is 5.91 Å². The fourth-order valence-electron chi connectivity index (χ4n) is 3.75. The summed E-state index contributed by atoms with van der Waals surface area (Å²) < 4.78 is 0. The average molecular weight is 419 g/mol. The molecule has 0 bridgehead atoms. The minimum atomic E-state index is -1.23. The molecule has 1 fully saturated rings. The Morgan fingerprint density at radius 2 is 1.63 bits per heavy atom. The van der Waals surface area contributed by atoms with E-state index in [1.165, 1.54) is 11.3 Å². The number of amides is 3. The van der Waals surface area contributed by atoms with Crippen LogP contribution in [0.5, 0.6) is 0 Å². The molecule has 6 heteroatoms. The minimum absolute atomic E-state index is 0.230. The largest absolute Gasteiger partial charge is 0.325 e. The molecule has 30 heavy (non-hydrogen) atoms. The van der Waals surface area contributed by atoms with Gasteiger partial charge in [-0.25, -0.2) is 4.79 Å². The molecule has 1 aliphatic rings. The predicted molar refractivity (Wildman–Crippen MR) is 117 cm³/mol. The molecule has 1 atom stereocenters. The van der Waals surface area contributed by atoms with Gasteiger partial charge in [0.2, 0.25) is 0 Å². The van der Waals surface area contributed by atoms with Gasteiger partial charge in [-0.1, -0.05) is 67.6 Å². The number of rotatable bonds is 7. The molecule has 1 aliphatic heterocycles. The van der Waals surface area contributed by atoms with E-state index in [1.807, 2.05) is 73.7 Å². The van der Waals surface area contributed by atoms with Crippen LogP contribution in [0.3, 0.4) is 0 Å².